The second-order valence-electron chi connectivity index (χ2n) is 5.24. The van der Waals surface area contributed by atoms with E-state index >= 15 is 0 Å². The van der Waals surface area contributed by atoms with Gasteiger partial charge in [-0.05, 0) is 53.4 Å². The molecule has 1 aliphatic rings. The lowest BCUT2D eigenvalue weighted by molar-refractivity contribution is -0.141. The van der Waals surface area contributed by atoms with Crippen LogP contribution in [0, 0.1) is 0 Å². The standard InChI is InChI=1S/C13H15BrClNO4S/c1-21(19,20)11-3-2-6-13(11,12(17)18)16-8-4-5-10(15)9(14)7-8/h4-5,7,11,16H,2-3,6H2,1H3,(H,17,18). The summed E-state index contributed by atoms with van der Waals surface area (Å²) in [6, 6.07) is 4.90. The number of hydrogen-bond donors (Lipinski definition) is 2. The van der Waals surface area contributed by atoms with Gasteiger partial charge in [0.05, 0.1) is 10.3 Å². The zero-order valence-corrected chi connectivity index (χ0v) is 14.4. The number of benzene rings is 1. The minimum Gasteiger partial charge on any atom is -0.479 e. The lowest BCUT2D eigenvalue weighted by atomic mass is 9.96. The van der Waals surface area contributed by atoms with Crippen LogP contribution in [0.3, 0.4) is 0 Å². The molecule has 1 saturated carbocycles. The largest absolute Gasteiger partial charge is 0.479 e. The van der Waals surface area contributed by atoms with Crippen LogP contribution in [0.2, 0.25) is 5.02 Å². The SMILES string of the molecule is CS(=O)(=O)C1CCCC1(Nc1ccc(Cl)c(Br)c1)C(=O)O. The third-order valence-corrected chi connectivity index (χ3v) is 6.66. The number of rotatable bonds is 4. The zero-order chi connectivity index (χ0) is 15.8. The van der Waals surface area contributed by atoms with Crippen LogP contribution >= 0.6 is 27.5 Å². The van der Waals surface area contributed by atoms with Crippen molar-refractivity contribution >= 4 is 49.0 Å². The summed E-state index contributed by atoms with van der Waals surface area (Å²) in [5, 5.41) is 12.1. The first-order chi connectivity index (χ1) is 9.67. The highest BCUT2D eigenvalue weighted by molar-refractivity contribution is 9.10. The van der Waals surface area contributed by atoms with Crippen molar-refractivity contribution in [3.63, 3.8) is 0 Å². The highest BCUT2D eigenvalue weighted by Crippen LogP contribution is 2.39. The van der Waals surface area contributed by atoms with E-state index in [1.807, 2.05) is 0 Å². The van der Waals surface area contributed by atoms with Crippen molar-refractivity contribution < 1.29 is 18.3 Å². The Labute approximate surface area is 136 Å². The maximum Gasteiger partial charge on any atom is 0.330 e. The van der Waals surface area contributed by atoms with Crippen molar-refractivity contribution in [3.05, 3.63) is 27.7 Å². The van der Waals surface area contributed by atoms with Crippen LogP contribution in [-0.2, 0) is 14.6 Å². The van der Waals surface area contributed by atoms with Gasteiger partial charge >= 0.3 is 5.97 Å². The monoisotopic (exact) mass is 395 g/mol. The number of carboxylic acids is 1. The molecule has 0 aromatic heterocycles. The van der Waals surface area contributed by atoms with Gasteiger partial charge < -0.3 is 10.4 Å². The molecule has 116 valence electrons. The van der Waals surface area contributed by atoms with E-state index in [2.05, 4.69) is 21.2 Å². The van der Waals surface area contributed by atoms with E-state index in [-0.39, 0.29) is 6.42 Å². The Morgan fingerprint density at radius 1 is 1.52 bits per heavy atom. The predicted octanol–water partition coefficient (Wildman–Crippen LogP) is 2.93. The second kappa shape index (κ2) is 5.78. The van der Waals surface area contributed by atoms with Crippen molar-refractivity contribution in [2.45, 2.75) is 30.1 Å². The van der Waals surface area contributed by atoms with Gasteiger partial charge in [-0.2, -0.15) is 0 Å². The highest BCUT2D eigenvalue weighted by Gasteiger charge is 2.54. The van der Waals surface area contributed by atoms with E-state index in [0.29, 0.717) is 28.0 Å². The minimum absolute atomic E-state index is 0.264. The molecule has 0 heterocycles. The summed E-state index contributed by atoms with van der Waals surface area (Å²) in [5.74, 6) is -1.15. The normalized spacial score (nSPS) is 25.8. The number of hydrogen-bond acceptors (Lipinski definition) is 4. The zero-order valence-electron chi connectivity index (χ0n) is 11.3. The van der Waals surface area contributed by atoms with Crippen molar-refractivity contribution in [1.82, 2.24) is 0 Å². The molecule has 0 aliphatic heterocycles. The minimum atomic E-state index is -3.47. The molecular formula is C13H15BrClNO4S. The molecule has 2 atom stereocenters. The molecule has 2 unspecified atom stereocenters. The number of carbonyl (C=O) groups is 1. The number of carboxylic acid groups (broad SMARTS) is 1. The third kappa shape index (κ3) is 3.19. The molecule has 0 bridgehead atoms. The lowest BCUT2D eigenvalue weighted by Crippen LogP contribution is -2.55. The van der Waals surface area contributed by atoms with E-state index < -0.39 is 26.6 Å². The van der Waals surface area contributed by atoms with Gasteiger partial charge in [0.1, 0.15) is 0 Å². The summed E-state index contributed by atoms with van der Waals surface area (Å²) in [5.41, 5.74) is -0.981. The first-order valence-corrected chi connectivity index (χ1v) is 9.45. The van der Waals surface area contributed by atoms with E-state index in [9.17, 15) is 18.3 Å². The first-order valence-electron chi connectivity index (χ1n) is 6.32. The quantitative estimate of drug-likeness (QED) is 0.817. The van der Waals surface area contributed by atoms with Crippen molar-refractivity contribution in [1.29, 1.82) is 0 Å². The van der Waals surface area contributed by atoms with Gasteiger partial charge in [0.15, 0.2) is 15.4 Å². The summed E-state index contributed by atoms with van der Waals surface area (Å²) < 4.78 is 24.5. The van der Waals surface area contributed by atoms with E-state index in [4.69, 9.17) is 11.6 Å². The molecular weight excluding hydrogens is 382 g/mol. The Morgan fingerprint density at radius 2 is 2.19 bits per heavy atom. The van der Waals surface area contributed by atoms with Crippen LogP contribution in [0.25, 0.3) is 0 Å². The van der Waals surface area contributed by atoms with Crippen LogP contribution in [0.15, 0.2) is 22.7 Å². The van der Waals surface area contributed by atoms with Gasteiger partial charge in [-0.15, -0.1) is 0 Å². The molecule has 0 saturated heterocycles. The molecule has 1 aliphatic carbocycles. The van der Waals surface area contributed by atoms with Crippen LogP contribution in [0.5, 0.6) is 0 Å². The fourth-order valence-corrected chi connectivity index (χ4v) is 4.93. The van der Waals surface area contributed by atoms with Crippen molar-refractivity contribution in [2.75, 3.05) is 11.6 Å². The van der Waals surface area contributed by atoms with Gasteiger partial charge in [0, 0.05) is 16.4 Å². The molecule has 0 spiro atoms. The summed E-state index contributed by atoms with van der Waals surface area (Å²) in [6.07, 6.45) is 2.24. The molecule has 21 heavy (non-hydrogen) atoms. The summed E-state index contributed by atoms with van der Waals surface area (Å²) in [4.78, 5) is 11.8. The van der Waals surface area contributed by atoms with Crippen LogP contribution in [-0.4, -0.2) is 36.5 Å². The molecule has 0 radical (unpaired) electrons. The van der Waals surface area contributed by atoms with Crippen molar-refractivity contribution in [3.8, 4) is 0 Å². The Hall–Kier alpha value is -0.790. The predicted molar refractivity (Wildman–Crippen MR) is 85.6 cm³/mol. The van der Waals surface area contributed by atoms with Gasteiger partial charge in [-0.1, -0.05) is 11.6 Å². The number of aliphatic carboxylic acids is 1. The summed E-state index contributed by atoms with van der Waals surface area (Å²) in [7, 11) is -3.47. The number of anilines is 1. The van der Waals surface area contributed by atoms with E-state index in [0.717, 1.165) is 6.26 Å². The molecule has 8 heteroatoms. The fourth-order valence-electron chi connectivity index (χ4n) is 2.83. The summed E-state index contributed by atoms with van der Waals surface area (Å²) >= 11 is 9.18. The maximum atomic E-state index is 11.9. The number of halogens is 2. The van der Waals surface area contributed by atoms with Gasteiger partial charge in [-0.25, -0.2) is 13.2 Å². The Morgan fingerprint density at radius 3 is 2.71 bits per heavy atom. The third-order valence-electron chi connectivity index (χ3n) is 3.77. The Kier molecular flexibility index (Phi) is 4.56. The van der Waals surface area contributed by atoms with Crippen LogP contribution in [0.1, 0.15) is 19.3 Å². The lowest BCUT2D eigenvalue weighted by Gasteiger charge is -2.32. The molecule has 1 aromatic rings. The smallest absolute Gasteiger partial charge is 0.330 e. The van der Waals surface area contributed by atoms with E-state index in [1.165, 1.54) is 0 Å². The maximum absolute atomic E-state index is 11.9. The Balaban J connectivity index is 2.43. The first kappa shape index (κ1) is 16.6. The molecule has 2 N–H and O–H groups in total. The summed E-state index contributed by atoms with van der Waals surface area (Å²) in [6.45, 7) is 0. The highest BCUT2D eigenvalue weighted by atomic mass is 79.9. The topological polar surface area (TPSA) is 83.5 Å². The van der Waals surface area contributed by atoms with Gasteiger partial charge in [0.2, 0.25) is 0 Å². The molecule has 1 fully saturated rings. The van der Waals surface area contributed by atoms with Crippen LogP contribution < -0.4 is 5.32 Å². The number of nitrogens with one attached hydrogen (secondary N) is 1. The Bertz CT molecular complexity index is 679. The molecule has 1 aromatic carbocycles. The van der Waals surface area contributed by atoms with E-state index in [1.54, 1.807) is 18.2 Å². The van der Waals surface area contributed by atoms with Gasteiger partial charge in [0.25, 0.3) is 0 Å². The molecule has 2 rings (SSSR count). The molecule has 0 amide bonds. The number of sulfone groups is 1. The molecule has 5 nitrogen and oxygen atoms in total. The average Bonchev–Trinajstić information content (AvgIpc) is 2.79. The fraction of sp³-hybridized carbons (Fsp3) is 0.462. The second-order valence-corrected chi connectivity index (χ2v) is 8.73. The van der Waals surface area contributed by atoms with Crippen LogP contribution in [0.4, 0.5) is 5.69 Å². The van der Waals surface area contributed by atoms with Crippen molar-refractivity contribution in [2.24, 2.45) is 0 Å². The van der Waals surface area contributed by atoms with Gasteiger partial charge in [-0.3, -0.25) is 0 Å². The average molecular weight is 397 g/mol.